The molecule has 100 valence electrons. The Balaban J connectivity index is 1.78. The number of nitrogens with one attached hydrogen (secondary N) is 1. The predicted octanol–water partition coefficient (Wildman–Crippen LogP) is 2.77. The van der Waals surface area contributed by atoms with Gasteiger partial charge in [0.1, 0.15) is 0 Å². The van der Waals surface area contributed by atoms with Crippen LogP contribution in [0.15, 0.2) is 6.20 Å². The van der Waals surface area contributed by atoms with Gasteiger partial charge >= 0.3 is 0 Å². The topological polar surface area (TPSA) is 44.8 Å². The Morgan fingerprint density at radius 1 is 1.47 bits per heavy atom. The molecule has 0 radical (unpaired) electrons. The second-order valence-electron chi connectivity index (χ2n) is 4.89. The van der Waals surface area contributed by atoms with Crippen LogP contribution in [0.25, 0.3) is 0 Å². The molecule has 0 spiro atoms. The van der Waals surface area contributed by atoms with Crippen LogP contribution in [0.2, 0.25) is 0 Å². The van der Waals surface area contributed by atoms with E-state index in [2.05, 4.69) is 33.7 Å². The third-order valence-electron chi connectivity index (χ3n) is 3.43. The molecule has 0 amide bonds. The standard InChI is InChI=1S/C13H16N4S2/c1-8-12(19-9(2)15-8)7-17-4-3-10-5-14-13(18)16-11(10)6-17/h5H,3-4,6-7H2,1-2H3,(H,14,16,18). The quantitative estimate of drug-likeness (QED) is 0.865. The molecule has 2 aromatic rings. The Kier molecular flexibility index (Phi) is 3.47. The Morgan fingerprint density at radius 2 is 2.32 bits per heavy atom. The number of aromatic amines is 1. The lowest BCUT2D eigenvalue weighted by Crippen LogP contribution is -2.30. The Morgan fingerprint density at radius 3 is 3.05 bits per heavy atom. The van der Waals surface area contributed by atoms with E-state index in [-0.39, 0.29) is 0 Å². The minimum atomic E-state index is 0.574. The summed E-state index contributed by atoms with van der Waals surface area (Å²) in [5.74, 6) is 0. The third-order valence-corrected chi connectivity index (χ3v) is 4.69. The fraction of sp³-hybridized carbons (Fsp3) is 0.462. The van der Waals surface area contributed by atoms with Gasteiger partial charge in [0.05, 0.1) is 10.7 Å². The molecule has 3 rings (SSSR count). The smallest absolute Gasteiger partial charge is 0.196 e. The van der Waals surface area contributed by atoms with E-state index in [1.165, 1.54) is 16.1 Å². The van der Waals surface area contributed by atoms with Gasteiger partial charge in [-0.1, -0.05) is 0 Å². The molecule has 6 heteroatoms. The first-order valence-electron chi connectivity index (χ1n) is 6.34. The first kappa shape index (κ1) is 12.9. The molecular weight excluding hydrogens is 276 g/mol. The number of hydrogen-bond acceptors (Lipinski definition) is 5. The van der Waals surface area contributed by atoms with Gasteiger partial charge in [0.15, 0.2) is 4.77 Å². The van der Waals surface area contributed by atoms with Crippen LogP contribution in [0.4, 0.5) is 0 Å². The maximum atomic E-state index is 5.10. The molecule has 4 nitrogen and oxygen atoms in total. The zero-order chi connectivity index (χ0) is 13.4. The molecule has 1 N–H and O–H groups in total. The average Bonchev–Trinajstić information content (AvgIpc) is 2.67. The molecule has 0 saturated heterocycles. The highest BCUT2D eigenvalue weighted by atomic mass is 32.1. The number of aryl methyl sites for hydroxylation is 2. The van der Waals surface area contributed by atoms with Crippen molar-refractivity contribution < 1.29 is 0 Å². The summed E-state index contributed by atoms with van der Waals surface area (Å²) >= 11 is 6.89. The van der Waals surface area contributed by atoms with Gasteiger partial charge in [0.25, 0.3) is 0 Å². The van der Waals surface area contributed by atoms with Gasteiger partial charge < -0.3 is 4.98 Å². The summed E-state index contributed by atoms with van der Waals surface area (Å²) in [5, 5.41) is 1.15. The molecule has 0 saturated carbocycles. The van der Waals surface area contributed by atoms with Crippen LogP contribution < -0.4 is 0 Å². The molecule has 0 fully saturated rings. The van der Waals surface area contributed by atoms with E-state index in [4.69, 9.17) is 12.2 Å². The molecule has 1 aliphatic heterocycles. The monoisotopic (exact) mass is 292 g/mol. The van der Waals surface area contributed by atoms with Gasteiger partial charge in [-0.15, -0.1) is 11.3 Å². The average molecular weight is 292 g/mol. The van der Waals surface area contributed by atoms with Crippen molar-refractivity contribution in [1.29, 1.82) is 0 Å². The first-order chi connectivity index (χ1) is 9.11. The van der Waals surface area contributed by atoms with Crippen molar-refractivity contribution in [3.63, 3.8) is 0 Å². The number of rotatable bonds is 2. The van der Waals surface area contributed by atoms with Crippen molar-refractivity contribution in [1.82, 2.24) is 19.9 Å². The van der Waals surface area contributed by atoms with Crippen LogP contribution in [0.5, 0.6) is 0 Å². The molecule has 2 aromatic heterocycles. The summed E-state index contributed by atoms with van der Waals surface area (Å²) < 4.78 is 0.574. The first-order valence-corrected chi connectivity index (χ1v) is 7.56. The second kappa shape index (κ2) is 5.11. The lowest BCUT2D eigenvalue weighted by atomic mass is 10.1. The van der Waals surface area contributed by atoms with Gasteiger partial charge in [0, 0.05) is 36.4 Å². The number of fused-ring (bicyclic) bond motifs is 1. The summed E-state index contributed by atoms with van der Waals surface area (Å²) in [5.41, 5.74) is 3.67. The van der Waals surface area contributed by atoms with Crippen LogP contribution in [-0.4, -0.2) is 26.4 Å². The molecule has 0 bridgehead atoms. The molecule has 0 aliphatic carbocycles. The maximum absolute atomic E-state index is 5.10. The fourth-order valence-corrected chi connectivity index (χ4v) is 3.61. The van der Waals surface area contributed by atoms with Crippen molar-refractivity contribution in [3.05, 3.63) is 37.8 Å². The van der Waals surface area contributed by atoms with Crippen LogP contribution in [0, 0.1) is 18.6 Å². The van der Waals surface area contributed by atoms with E-state index < -0.39 is 0 Å². The highest BCUT2D eigenvalue weighted by Gasteiger charge is 2.18. The minimum Gasteiger partial charge on any atom is -0.333 e. The SMILES string of the molecule is Cc1nc(C)c(CN2CCc3cnc(=S)[nH]c3C2)s1. The van der Waals surface area contributed by atoms with Gasteiger partial charge in [-0.25, -0.2) is 9.97 Å². The number of thiazole rings is 1. The predicted molar refractivity (Wildman–Crippen MR) is 78.8 cm³/mol. The van der Waals surface area contributed by atoms with E-state index in [1.807, 2.05) is 6.20 Å². The molecule has 1 aliphatic rings. The molecule has 0 atom stereocenters. The number of H-pyrrole nitrogens is 1. The van der Waals surface area contributed by atoms with Gasteiger partial charge in [-0.2, -0.15) is 0 Å². The highest BCUT2D eigenvalue weighted by Crippen LogP contribution is 2.23. The van der Waals surface area contributed by atoms with Gasteiger partial charge in [-0.3, -0.25) is 4.90 Å². The number of aromatic nitrogens is 3. The fourth-order valence-electron chi connectivity index (χ4n) is 2.45. The summed E-state index contributed by atoms with van der Waals surface area (Å²) in [6, 6.07) is 0. The lowest BCUT2D eigenvalue weighted by molar-refractivity contribution is 0.242. The number of hydrogen-bond donors (Lipinski definition) is 1. The van der Waals surface area contributed by atoms with E-state index in [9.17, 15) is 0 Å². The summed E-state index contributed by atoms with van der Waals surface area (Å²) in [4.78, 5) is 15.7. The van der Waals surface area contributed by atoms with Gasteiger partial charge in [0.2, 0.25) is 0 Å². The Hall–Kier alpha value is -1.11. The molecule has 19 heavy (non-hydrogen) atoms. The van der Waals surface area contributed by atoms with Gasteiger partial charge in [-0.05, 0) is 38.0 Å². The summed E-state index contributed by atoms with van der Waals surface area (Å²) in [6.07, 6.45) is 2.94. The van der Waals surface area contributed by atoms with Crippen molar-refractivity contribution in [3.8, 4) is 0 Å². The van der Waals surface area contributed by atoms with Crippen molar-refractivity contribution in [2.24, 2.45) is 0 Å². The van der Waals surface area contributed by atoms with Crippen LogP contribution >= 0.6 is 23.6 Å². The second-order valence-corrected chi connectivity index (χ2v) is 6.57. The number of nitrogens with zero attached hydrogens (tertiary/aromatic N) is 3. The van der Waals surface area contributed by atoms with Crippen molar-refractivity contribution >= 4 is 23.6 Å². The van der Waals surface area contributed by atoms with E-state index in [0.29, 0.717) is 4.77 Å². The van der Waals surface area contributed by atoms with Crippen LogP contribution in [0.3, 0.4) is 0 Å². The van der Waals surface area contributed by atoms with Crippen molar-refractivity contribution in [2.75, 3.05) is 6.54 Å². The van der Waals surface area contributed by atoms with Crippen LogP contribution in [0.1, 0.15) is 26.8 Å². The zero-order valence-electron chi connectivity index (χ0n) is 11.1. The Labute approximate surface area is 121 Å². The lowest BCUT2D eigenvalue weighted by Gasteiger charge is -2.27. The summed E-state index contributed by atoms with van der Waals surface area (Å²) in [7, 11) is 0. The largest absolute Gasteiger partial charge is 0.333 e. The highest BCUT2D eigenvalue weighted by molar-refractivity contribution is 7.71. The third kappa shape index (κ3) is 2.75. The summed E-state index contributed by atoms with van der Waals surface area (Å²) in [6.45, 7) is 7.11. The minimum absolute atomic E-state index is 0.574. The zero-order valence-corrected chi connectivity index (χ0v) is 12.7. The molecule has 0 aromatic carbocycles. The molecule has 0 unspecified atom stereocenters. The molecular formula is C13H16N4S2. The van der Waals surface area contributed by atoms with E-state index in [1.54, 1.807) is 11.3 Å². The van der Waals surface area contributed by atoms with E-state index in [0.717, 1.165) is 36.8 Å². The maximum Gasteiger partial charge on any atom is 0.196 e. The Bertz CT molecular complexity index is 659. The normalized spacial score (nSPS) is 15.5. The van der Waals surface area contributed by atoms with Crippen molar-refractivity contribution in [2.45, 2.75) is 33.4 Å². The molecule has 3 heterocycles. The van der Waals surface area contributed by atoms with E-state index >= 15 is 0 Å². The van der Waals surface area contributed by atoms with Crippen LogP contribution in [-0.2, 0) is 19.5 Å².